The van der Waals surface area contributed by atoms with E-state index in [2.05, 4.69) is 18.8 Å². The Labute approximate surface area is 139 Å². The maximum absolute atomic E-state index is 13.3. The van der Waals surface area contributed by atoms with Crippen LogP contribution in [0.5, 0.6) is 0 Å². The predicted octanol–water partition coefficient (Wildman–Crippen LogP) is 5.52. The second-order valence-electron chi connectivity index (χ2n) is 5.63. The molecule has 0 N–H and O–H groups in total. The van der Waals surface area contributed by atoms with E-state index in [0.29, 0.717) is 0 Å². The van der Waals surface area contributed by atoms with Gasteiger partial charge in [-0.3, -0.25) is 0 Å². The van der Waals surface area contributed by atoms with Crippen molar-refractivity contribution in [2.45, 2.75) is 64.7 Å². The number of rotatable bonds is 10. The van der Waals surface area contributed by atoms with Crippen molar-refractivity contribution in [3.8, 4) is 11.8 Å². The van der Waals surface area contributed by atoms with E-state index < -0.39 is 11.8 Å². The average molecular weight is 318 g/mol. The van der Waals surface area contributed by atoms with Crippen molar-refractivity contribution in [1.29, 1.82) is 0 Å². The van der Waals surface area contributed by atoms with E-state index in [0.717, 1.165) is 12.8 Å². The van der Waals surface area contributed by atoms with Crippen molar-refractivity contribution in [3.05, 3.63) is 35.6 Å². The first-order chi connectivity index (χ1) is 11.3. The predicted molar refractivity (Wildman–Crippen MR) is 91.7 cm³/mol. The summed E-state index contributed by atoms with van der Waals surface area (Å²) in [5.74, 6) is 4.58. The zero-order valence-corrected chi connectivity index (χ0v) is 14.1. The lowest BCUT2D eigenvalue weighted by molar-refractivity contribution is 0.0551. The van der Waals surface area contributed by atoms with Crippen LogP contribution >= 0.6 is 0 Å². The highest BCUT2D eigenvalue weighted by atomic mass is 19.1. The minimum Gasteiger partial charge on any atom is -0.449 e. The van der Waals surface area contributed by atoms with E-state index in [1.54, 1.807) is 6.07 Å². The summed E-state index contributed by atoms with van der Waals surface area (Å²) in [5.41, 5.74) is -0.0441. The SMILES string of the molecule is CCCCCCCCCCC#CCOC(=O)c1ccccc1F. The molecule has 0 atom stereocenters. The summed E-state index contributed by atoms with van der Waals surface area (Å²) in [6.07, 6.45) is 11.0. The van der Waals surface area contributed by atoms with Crippen LogP contribution in [0.4, 0.5) is 4.39 Å². The molecule has 3 heteroatoms. The van der Waals surface area contributed by atoms with Gasteiger partial charge in [0.1, 0.15) is 5.82 Å². The summed E-state index contributed by atoms with van der Waals surface area (Å²) in [7, 11) is 0. The lowest BCUT2D eigenvalue weighted by atomic mass is 10.1. The lowest BCUT2D eigenvalue weighted by Crippen LogP contribution is -2.07. The molecule has 23 heavy (non-hydrogen) atoms. The Morgan fingerprint density at radius 1 is 1.00 bits per heavy atom. The fourth-order valence-electron chi connectivity index (χ4n) is 2.29. The number of hydrogen-bond donors (Lipinski definition) is 0. The maximum atomic E-state index is 13.3. The Hall–Kier alpha value is -1.82. The van der Waals surface area contributed by atoms with Crippen LogP contribution in [0.15, 0.2) is 24.3 Å². The highest BCUT2D eigenvalue weighted by Crippen LogP contribution is 2.09. The minimum absolute atomic E-state index is 0.0180. The van der Waals surface area contributed by atoms with Crippen molar-refractivity contribution in [3.63, 3.8) is 0 Å². The van der Waals surface area contributed by atoms with E-state index in [4.69, 9.17) is 4.74 Å². The third-order valence-electron chi connectivity index (χ3n) is 3.65. The number of carbonyl (C=O) groups excluding carboxylic acids is 1. The number of ether oxygens (including phenoxy) is 1. The summed E-state index contributed by atoms with van der Waals surface area (Å²) in [5, 5.41) is 0. The normalized spacial score (nSPS) is 10.0. The summed E-state index contributed by atoms with van der Waals surface area (Å²) in [6.45, 7) is 2.25. The fourth-order valence-corrected chi connectivity index (χ4v) is 2.29. The molecule has 0 fully saturated rings. The third kappa shape index (κ3) is 9.03. The largest absolute Gasteiger partial charge is 0.449 e. The first kappa shape index (κ1) is 19.2. The van der Waals surface area contributed by atoms with Crippen molar-refractivity contribution >= 4 is 5.97 Å². The van der Waals surface area contributed by atoms with E-state index in [1.807, 2.05) is 0 Å². The Balaban J connectivity index is 2.03. The topological polar surface area (TPSA) is 26.3 Å². The standard InChI is InChI=1S/C20H27FO2/c1-2-3-4-5-6-7-8-9-10-11-14-17-23-20(22)18-15-12-13-16-19(18)21/h12-13,15-16H,2-10,17H2,1H3. The van der Waals surface area contributed by atoms with Crippen LogP contribution in [-0.4, -0.2) is 12.6 Å². The second kappa shape index (κ2) is 12.7. The van der Waals surface area contributed by atoms with Gasteiger partial charge >= 0.3 is 5.97 Å². The third-order valence-corrected chi connectivity index (χ3v) is 3.65. The van der Waals surface area contributed by atoms with Crippen molar-refractivity contribution in [2.24, 2.45) is 0 Å². The highest BCUT2D eigenvalue weighted by molar-refractivity contribution is 5.89. The van der Waals surface area contributed by atoms with Gasteiger partial charge in [-0.25, -0.2) is 9.18 Å². The van der Waals surface area contributed by atoms with E-state index >= 15 is 0 Å². The number of esters is 1. The van der Waals surface area contributed by atoms with Crippen LogP contribution in [0.3, 0.4) is 0 Å². The highest BCUT2D eigenvalue weighted by Gasteiger charge is 2.10. The molecule has 0 saturated carbocycles. The number of carbonyl (C=O) groups is 1. The quantitative estimate of drug-likeness (QED) is 0.323. The zero-order chi connectivity index (χ0) is 16.8. The molecule has 0 aliphatic heterocycles. The fraction of sp³-hybridized carbons (Fsp3) is 0.550. The molecule has 0 saturated heterocycles. The van der Waals surface area contributed by atoms with Gasteiger partial charge in [-0.1, -0.05) is 75.8 Å². The van der Waals surface area contributed by atoms with Crippen LogP contribution in [0.2, 0.25) is 0 Å². The van der Waals surface area contributed by atoms with E-state index in [9.17, 15) is 9.18 Å². The molecule has 0 aliphatic rings. The number of halogens is 1. The second-order valence-corrected chi connectivity index (χ2v) is 5.63. The lowest BCUT2D eigenvalue weighted by Gasteiger charge is -2.01. The van der Waals surface area contributed by atoms with Crippen LogP contribution in [-0.2, 0) is 4.74 Å². The molecule has 0 aliphatic carbocycles. The monoisotopic (exact) mass is 318 g/mol. The summed E-state index contributed by atoms with van der Waals surface area (Å²) in [4.78, 5) is 11.6. The van der Waals surface area contributed by atoms with Gasteiger partial charge in [0.25, 0.3) is 0 Å². The zero-order valence-electron chi connectivity index (χ0n) is 14.1. The van der Waals surface area contributed by atoms with Crippen LogP contribution < -0.4 is 0 Å². The Morgan fingerprint density at radius 3 is 2.35 bits per heavy atom. The Kier molecular flexibility index (Phi) is 10.6. The summed E-state index contributed by atoms with van der Waals surface area (Å²) < 4.78 is 18.3. The average Bonchev–Trinajstić information content (AvgIpc) is 2.56. The molecule has 0 bridgehead atoms. The number of benzene rings is 1. The van der Waals surface area contributed by atoms with Crippen molar-refractivity contribution < 1.29 is 13.9 Å². The first-order valence-electron chi connectivity index (χ1n) is 8.63. The van der Waals surface area contributed by atoms with Gasteiger partial charge in [0, 0.05) is 6.42 Å². The van der Waals surface area contributed by atoms with Gasteiger partial charge in [0.05, 0.1) is 5.56 Å². The molecular weight excluding hydrogens is 291 g/mol. The molecule has 0 unspecified atom stereocenters. The molecule has 1 rings (SSSR count). The van der Waals surface area contributed by atoms with Gasteiger partial charge in [-0.05, 0) is 18.6 Å². The number of hydrogen-bond acceptors (Lipinski definition) is 2. The molecule has 0 aromatic heterocycles. The minimum atomic E-state index is -0.663. The molecule has 0 spiro atoms. The molecule has 1 aromatic rings. The number of unbranched alkanes of at least 4 members (excludes halogenated alkanes) is 8. The molecule has 1 aromatic carbocycles. The van der Waals surface area contributed by atoms with Crippen LogP contribution in [0, 0.1) is 17.7 Å². The molecular formula is C20H27FO2. The van der Waals surface area contributed by atoms with Gasteiger partial charge in [-0.15, -0.1) is 0 Å². The van der Waals surface area contributed by atoms with Crippen LogP contribution in [0.1, 0.15) is 75.1 Å². The maximum Gasteiger partial charge on any atom is 0.342 e. The Morgan fingerprint density at radius 2 is 1.65 bits per heavy atom. The van der Waals surface area contributed by atoms with Gasteiger partial charge in [-0.2, -0.15) is 0 Å². The van der Waals surface area contributed by atoms with Gasteiger partial charge < -0.3 is 4.74 Å². The smallest absolute Gasteiger partial charge is 0.342 e. The van der Waals surface area contributed by atoms with Crippen molar-refractivity contribution in [2.75, 3.05) is 6.61 Å². The molecule has 2 nitrogen and oxygen atoms in total. The Bertz CT molecular complexity index is 514. The molecule has 0 heterocycles. The molecule has 0 radical (unpaired) electrons. The van der Waals surface area contributed by atoms with E-state index in [-0.39, 0.29) is 12.2 Å². The first-order valence-corrected chi connectivity index (χ1v) is 8.63. The summed E-state index contributed by atoms with van der Waals surface area (Å²) in [6, 6.07) is 5.79. The molecule has 126 valence electrons. The molecule has 0 amide bonds. The van der Waals surface area contributed by atoms with Crippen LogP contribution in [0.25, 0.3) is 0 Å². The van der Waals surface area contributed by atoms with Gasteiger partial charge in [0.15, 0.2) is 6.61 Å². The van der Waals surface area contributed by atoms with Crippen molar-refractivity contribution in [1.82, 2.24) is 0 Å². The van der Waals surface area contributed by atoms with E-state index in [1.165, 1.54) is 63.1 Å². The summed E-state index contributed by atoms with van der Waals surface area (Å²) >= 11 is 0. The van der Waals surface area contributed by atoms with Gasteiger partial charge in [0.2, 0.25) is 0 Å².